The molecular weight excluding hydrogens is 553 g/mol. The van der Waals surface area contributed by atoms with E-state index in [-0.39, 0.29) is 34.8 Å². The standard InChI is InChI=1S/C28H36FN5O4S2/c1-21-8-11-33(12-9-21)40(37,38)22-6-7-26-25(18-22)34(28(36)20-39-26)19-27(35)30-10-13-31-14-16-32(17-15-31)24-5-3-2-4-23(24)29/h2-7,18,21H,8-17,19-20H2,1H3,(H,30,35). The van der Waals surface area contributed by atoms with E-state index < -0.39 is 10.0 Å². The summed E-state index contributed by atoms with van der Waals surface area (Å²) in [6.07, 6.45) is 1.65. The Labute approximate surface area is 239 Å². The van der Waals surface area contributed by atoms with Gasteiger partial charge < -0.3 is 15.1 Å². The number of benzene rings is 2. The van der Waals surface area contributed by atoms with E-state index in [9.17, 15) is 22.4 Å². The summed E-state index contributed by atoms with van der Waals surface area (Å²) in [6.45, 7) is 6.91. The lowest BCUT2D eigenvalue weighted by molar-refractivity contribution is -0.123. The zero-order chi connectivity index (χ0) is 28.3. The molecule has 216 valence electrons. The van der Waals surface area contributed by atoms with Crippen molar-refractivity contribution in [2.24, 2.45) is 5.92 Å². The van der Waals surface area contributed by atoms with E-state index in [1.807, 2.05) is 11.0 Å². The van der Waals surface area contributed by atoms with Crippen LogP contribution in [-0.2, 0) is 19.6 Å². The maximum absolute atomic E-state index is 14.1. The number of thioether (sulfide) groups is 1. The first kappa shape index (κ1) is 28.8. The van der Waals surface area contributed by atoms with E-state index in [0.29, 0.717) is 56.6 Å². The smallest absolute Gasteiger partial charge is 0.243 e. The van der Waals surface area contributed by atoms with Gasteiger partial charge in [-0.05, 0) is 49.1 Å². The number of carbonyl (C=O) groups is 2. The van der Waals surface area contributed by atoms with Crippen LogP contribution in [0.5, 0.6) is 0 Å². The Morgan fingerprint density at radius 1 is 1.02 bits per heavy atom. The first-order chi connectivity index (χ1) is 19.2. The number of halogens is 1. The summed E-state index contributed by atoms with van der Waals surface area (Å²) in [4.78, 5) is 32.2. The summed E-state index contributed by atoms with van der Waals surface area (Å²) >= 11 is 1.35. The van der Waals surface area contributed by atoms with E-state index in [2.05, 4.69) is 17.1 Å². The third-order valence-electron chi connectivity index (χ3n) is 7.87. The van der Waals surface area contributed by atoms with Crippen molar-refractivity contribution >= 4 is 45.0 Å². The molecule has 9 nitrogen and oxygen atoms in total. The number of hydrogen-bond donors (Lipinski definition) is 1. The van der Waals surface area contributed by atoms with Gasteiger partial charge in [-0.1, -0.05) is 19.1 Å². The highest BCUT2D eigenvalue weighted by atomic mass is 32.2. The lowest BCUT2D eigenvalue weighted by Crippen LogP contribution is -2.49. The first-order valence-corrected chi connectivity index (χ1v) is 16.2. The van der Waals surface area contributed by atoms with Crippen molar-refractivity contribution in [3.8, 4) is 0 Å². The zero-order valence-corrected chi connectivity index (χ0v) is 24.4. The second kappa shape index (κ2) is 12.5. The molecule has 0 saturated carbocycles. The molecule has 0 aliphatic carbocycles. The number of anilines is 2. The third kappa shape index (κ3) is 6.45. The SMILES string of the molecule is CC1CCN(S(=O)(=O)c2ccc3c(c2)N(CC(=O)NCCN2CCN(c4ccccc4F)CC2)C(=O)CS3)CC1. The molecule has 2 amide bonds. The summed E-state index contributed by atoms with van der Waals surface area (Å²) in [6, 6.07) is 11.6. The van der Waals surface area contributed by atoms with Crippen LogP contribution < -0.4 is 15.1 Å². The van der Waals surface area contributed by atoms with Gasteiger partial charge in [0.25, 0.3) is 0 Å². The van der Waals surface area contributed by atoms with Gasteiger partial charge in [-0.15, -0.1) is 11.8 Å². The number of hydrogen-bond acceptors (Lipinski definition) is 7. The van der Waals surface area contributed by atoms with Gasteiger partial charge in [0.15, 0.2) is 0 Å². The summed E-state index contributed by atoms with van der Waals surface area (Å²) < 4.78 is 42.2. The number of amides is 2. The quantitative estimate of drug-likeness (QED) is 0.506. The molecule has 0 bridgehead atoms. The summed E-state index contributed by atoms with van der Waals surface area (Å²) in [5.74, 6) is -0.0432. The number of carbonyl (C=O) groups excluding carboxylic acids is 2. The number of piperidine rings is 1. The maximum Gasteiger partial charge on any atom is 0.243 e. The molecule has 2 aromatic rings. The fourth-order valence-corrected chi connectivity index (χ4v) is 7.77. The normalized spacial score (nSPS) is 19.5. The Bertz CT molecular complexity index is 1340. The van der Waals surface area contributed by atoms with Crippen molar-refractivity contribution < 1.29 is 22.4 Å². The van der Waals surface area contributed by atoms with Crippen LogP contribution in [0, 0.1) is 11.7 Å². The second-order valence-electron chi connectivity index (χ2n) is 10.6. The minimum atomic E-state index is -3.68. The van der Waals surface area contributed by atoms with Gasteiger partial charge in [-0.25, -0.2) is 12.8 Å². The highest BCUT2D eigenvalue weighted by Gasteiger charge is 2.32. The van der Waals surface area contributed by atoms with Crippen molar-refractivity contribution in [3.63, 3.8) is 0 Å². The monoisotopic (exact) mass is 589 g/mol. The van der Waals surface area contributed by atoms with Crippen LogP contribution in [0.1, 0.15) is 19.8 Å². The fourth-order valence-electron chi connectivity index (χ4n) is 5.36. The van der Waals surface area contributed by atoms with Crippen LogP contribution >= 0.6 is 11.8 Å². The van der Waals surface area contributed by atoms with Gasteiger partial charge in [-0.3, -0.25) is 14.5 Å². The molecule has 2 aromatic carbocycles. The largest absolute Gasteiger partial charge is 0.367 e. The highest BCUT2D eigenvalue weighted by Crippen LogP contribution is 2.37. The first-order valence-electron chi connectivity index (χ1n) is 13.8. The Morgan fingerprint density at radius 3 is 2.48 bits per heavy atom. The maximum atomic E-state index is 14.1. The molecule has 0 unspecified atom stereocenters. The van der Waals surface area contributed by atoms with E-state index in [1.54, 1.807) is 24.3 Å². The molecule has 0 radical (unpaired) electrons. The number of sulfonamides is 1. The number of rotatable bonds is 8. The van der Waals surface area contributed by atoms with Gasteiger partial charge in [0, 0.05) is 57.3 Å². The van der Waals surface area contributed by atoms with Crippen LogP contribution in [0.15, 0.2) is 52.3 Å². The minimum Gasteiger partial charge on any atom is -0.367 e. The Hall–Kier alpha value is -2.67. The van der Waals surface area contributed by atoms with Crippen LogP contribution in [0.4, 0.5) is 15.8 Å². The van der Waals surface area contributed by atoms with Gasteiger partial charge in [0.1, 0.15) is 12.4 Å². The fraction of sp³-hybridized carbons (Fsp3) is 0.500. The van der Waals surface area contributed by atoms with Crippen molar-refractivity contribution in [1.29, 1.82) is 0 Å². The highest BCUT2D eigenvalue weighted by molar-refractivity contribution is 8.00. The number of para-hydroxylation sites is 1. The predicted octanol–water partition coefficient (Wildman–Crippen LogP) is 2.62. The molecule has 2 fully saturated rings. The molecule has 3 aliphatic heterocycles. The molecule has 5 rings (SSSR count). The third-order valence-corrected chi connectivity index (χ3v) is 10.8. The number of fused-ring (bicyclic) bond motifs is 1. The Kier molecular flexibility index (Phi) is 8.98. The number of nitrogens with zero attached hydrogens (tertiary/aromatic N) is 4. The molecule has 1 N–H and O–H groups in total. The van der Waals surface area contributed by atoms with Crippen LogP contribution in [0.2, 0.25) is 0 Å². The number of piperazine rings is 1. The predicted molar refractivity (Wildman–Crippen MR) is 155 cm³/mol. The summed E-state index contributed by atoms with van der Waals surface area (Å²) in [7, 11) is -3.68. The Morgan fingerprint density at radius 2 is 1.75 bits per heavy atom. The molecule has 0 aromatic heterocycles. The van der Waals surface area contributed by atoms with Gasteiger partial charge in [-0.2, -0.15) is 4.31 Å². The van der Waals surface area contributed by atoms with Crippen molar-refractivity contribution in [2.45, 2.75) is 29.6 Å². The molecule has 40 heavy (non-hydrogen) atoms. The van der Waals surface area contributed by atoms with Gasteiger partial charge in [0.2, 0.25) is 21.8 Å². The summed E-state index contributed by atoms with van der Waals surface area (Å²) in [5, 5.41) is 2.90. The van der Waals surface area contributed by atoms with Gasteiger partial charge in [0.05, 0.1) is 22.0 Å². The van der Waals surface area contributed by atoms with Crippen LogP contribution in [-0.4, -0.2) is 94.1 Å². The molecule has 2 saturated heterocycles. The van der Waals surface area contributed by atoms with E-state index in [0.717, 1.165) is 30.8 Å². The molecule has 0 atom stereocenters. The van der Waals surface area contributed by atoms with Crippen LogP contribution in [0.3, 0.4) is 0 Å². The second-order valence-corrected chi connectivity index (χ2v) is 13.6. The Balaban J connectivity index is 1.16. The average molecular weight is 590 g/mol. The van der Waals surface area contributed by atoms with Gasteiger partial charge >= 0.3 is 0 Å². The average Bonchev–Trinajstić information content (AvgIpc) is 2.95. The van der Waals surface area contributed by atoms with Crippen molar-refractivity contribution in [1.82, 2.24) is 14.5 Å². The van der Waals surface area contributed by atoms with Crippen LogP contribution in [0.25, 0.3) is 0 Å². The molecule has 0 spiro atoms. The molecular formula is C28H36FN5O4S2. The molecule has 12 heteroatoms. The van der Waals surface area contributed by atoms with E-state index in [1.165, 1.54) is 33.1 Å². The van der Waals surface area contributed by atoms with Crippen molar-refractivity contribution in [3.05, 3.63) is 48.3 Å². The zero-order valence-electron chi connectivity index (χ0n) is 22.7. The lowest BCUT2D eigenvalue weighted by atomic mass is 10.0. The minimum absolute atomic E-state index is 0.149. The molecule has 3 aliphatic rings. The van der Waals surface area contributed by atoms with Crippen molar-refractivity contribution in [2.75, 3.05) is 74.5 Å². The number of nitrogens with one attached hydrogen (secondary N) is 1. The molecule has 3 heterocycles. The van der Waals surface area contributed by atoms with E-state index >= 15 is 0 Å². The summed E-state index contributed by atoms with van der Waals surface area (Å²) in [5.41, 5.74) is 1.08. The van der Waals surface area contributed by atoms with E-state index in [4.69, 9.17) is 0 Å². The lowest BCUT2D eigenvalue weighted by Gasteiger charge is -2.36. The topological polar surface area (TPSA) is 93.3 Å².